The van der Waals surface area contributed by atoms with Crippen molar-refractivity contribution < 1.29 is 0 Å². The van der Waals surface area contributed by atoms with Crippen LogP contribution in [-0.2, 0) is 5.75 Å². The molecule has 1 fully saturated rings. The molecule has 1 aromatic heterocycles. The molecule has 1 aromatic rings. The van der Waals surface area contributed by atoms with Gasteiger partial charge in [0.1, 0.15) is 0 Å². The average Bonchev–Trinajstić information content (AvgIpc) is 2.29. The molecule has 1 aliphatic rings. The van der Waals surface area contributed by atoms with Gasteiger partial charge in [0.25, 0.3) is 0 Å². The van der Waals surface area contributed by atoms with Gasteiger partial charge in [0, 0.05) is 29.9 Å². The van der Waals surface area contributed by atoms with E-state index in [1.165, 1.54) is 31.5 Å². The molecule has 2 heterocycles. The van der Waals surface area contributed by atoms with E-state index >= 15 is 0 Å². The van der Waals surface area contributed by atoms with Gasteiger partial charge in [-0.2, -0.15) is 11.8 Å². The second kappa shape index (κ2) is 5.37. The first-order valence-corrected chi connectivity index (χ1v) is 6.21. The summed E-state index contributed by atoms with van der Waals surface area (Å²) in [4.78, 5) is 4.12. The SMILES string of the molecule is c1cncc(CSC2CCCNC2)c1. The number of rotatable bonds is 3. The minimum absolute atomic E-state index is 0.795. The van der Waals surface area contributed by atoms with Gasteiger partial charge < -0.3 is 5.32 Å². The molecule has 0 radical (unpaired) electrons. The number of piperidine rings is 1. The summed E-state index contributed by atoms with van der Waals surface area (Å²) in [6.07, 6.45) is 6.47. The predicted octanol–water partition coefficient (Wildman–Crippen LogP) is 2.07. The van der Waals surface area contributed by atoms with Gasteiger partial charge in [0.15, 0.2) is 0 Å². The third kappa shape index (κ3) is 3.00. The number of nitrogens with zero attached hydrogens (tertiary/aromatic N) is 1. The molecule has 14 heavy (non-hydrogen) atoms. The van der Waals surface area contributed by atoms with Gasteiger partial charge >= 0.3 is 0 Å². The van der Waals surface area contributed by atoms with Crippen molar-refractivity contribution in [1.82, 2.24) is 10.3 Å². The molecule has 2 rings (SSSR count). The van der Waals surface area contributed by atoms with E-state index in [1.54, 1.807) is 0 Å². The highest BCUT2D eigenvalue weighted by molar-refractivity contribution is 7.99. The van der Waals surface area contributed by atoms with Crippen molar-refractivity contribution in [2.45, 2.75) is 23.8 Å². The maximum atomic E-state index is 4.12. The maximum absolute atomic E-state index is 4.12. The Labute approximate surface area is 89.5 Å². The van der Waals surface area contributed by atoms with Crippen LogP contribution in [-0.4, -0.2) is 23.3 Å². The predicted molar refractivity (Wildman–Crippen MR) is 61.4 cm³/mol. The highest BCUT2D eigenvalue weighted by Gasteiger charge is 2.12. The summed E-state index contributed by atoms with van der Waals surface area (Å²) in [5.74, 6) is 1.10. The Morgan fingerprint density at radius 2 is 2.57 bits per heavy atom. The Morgan fingerprint density at radius 1 is 1.57 bits per heavy atom. The smallest absolute Gasteiger partial charge is 0.0308 e. The van der Waals surface area contributed by atoms with Crippen LogP contribution in [0, 0.1) is 0 Å². The van der Waals surface area contributed by atoms with E-state index in [4.69, 9.17) is 0 Å². The van der Waals surface area contributed by atoms with Crippen LogP contribution in [0.25, 0.3) is 0 Å². The van der Waals surface area contributed by atoms with Crippen LogP contribution >= 0.6 is 11.8 Å². The zero-order valence-electron chi connectivity index (χ0n) is 8.28. The molecule has 0 aliphatic carbocycles. The molecule has 0 amide bonds. The van der Waals surface area contributed by atoms with E-state index in [0.29, 0.717) is 0 Å². The lowest BCUT2D eigenvalue weighted by molar-refractivity contribution is 0.531. The normalized spacial score (nSPS) is 22.1. The van der Waals surface area contributed by atoms with Gasteiger partial charge in [0.05, 0.1) is 0 Å². The largest absolute Gasteiger partial charge is 0.316 e. The highest BCUT2D eigenvalue weighted by Crippen LogP contribution is 2.22. The Kier molecular flexibility index (Phi) is 3.83. The van der Waals surface area contributed by atoms with Gasteiger partial charge in [-0.15, -0.1) is 0 Å². The molecule has 1 atom stereocenters. The molecule has 0 spiro atoms. The molecule has 0 bridgehead atoms. The third-order valence-electron chi connectivity index (χ3n) is 2.46. The molecule has 1 N–H and O–H groups in total. The van der Waals surface area contributed by atoms with Gasteiger partial charge in [0.2, 0.25) is 0 Å². The lowest BCUT2D eigenvalue weighted by atomic mass is 10.2. The molecule has 3 heteroatoms. The van der Waals surface area contributed by atoms with Gasteiger partial charge in [-0.1, -0.05) is 6.07 Å². The minimum Gasteiger partial charge on any atom is -0.316 e. The Balaban J connectivity index is 1.76. The van der Waals surface area contributed by atoms with E-state index in [2.05, 4.69) is 16.4 Å². The zero-order valence-corrected chi connectivity index (χ0v) is 9.09. The summed E-state index contributed by atoms with van der Waals surface area (Å²) in [5, 5.41) is 4.23. The second-order valence-corrected chi connectivity index (χ2v) is 4.93. The van der Waals surface area contributed by atoms with E-state index < -0.39 is 0 Å². The maximum Gasteiger partial charge on any atom is 0.0308 e. The van der Waals surface area contributed by atoms with Gasteiger partial charge in [-0.3, -0.25) is 4.98 Å². The van der Waals surface area contributed by atoms with Crippen LogP contribution in [0.15, 0.2) is 24.5 Å². The average molecular weight is 208 g/mol. The molecule has 0 aromatic carbocycles. The molecule has 1 unspecified atom stereocenters. The van der Waals surface area contributed by atoms with Crippen LogP contribution in [0.3, 0.4) is 0 Å². The topological polar surface area (TPSA) is 24.9 Å². The van der Waals surface area contributed by atoms with Crippen molar-refractivity contribution in [2.75, 3.05) is 13.1 Å². The highest BCUT2D eigenvalue weighted by atomic mass is 32.2. The quantitative estimate of drug-likeness (QED) is 0.823. The first-order chi connectivity index (χ1) is 6.95. The van der Waals surface area contributed by atoms with E-state index in [0.717, 1.165) is 11.0 Å². The van der Waals surface area contributed by atoms with E-state index in [1.807, 2.05) is 30.2 Å². The summed E-state index contributed by atoms with van der Waals surface area (Å²) in [5.41, 5.74) is 1.34. The summed E-state index contributed by atoms with van der Waals surface area (Å²) < 4.78 is 0. The Hall–Kier alpha value is -0.540. The van der Waals surface area contributed by atoms with Crippen LogP contribution in [0.2, 0.25) is 0 Å². The fourth-order valence-corrected chi connectivity index (χ4v) is 2.83. The summed E-state index contributed by atoms with van der Waals surface area (Å²) in [6.45, 7) is 2.37. The van der Waals surface area contributed by atoms with Crippen molar-refractivity contribution >= 4 is 11.8 Å². The fraction of sp³-hybridized carbons (Fsp3) is 0.545. The lowest BCUT2D eigenvalue weighted by Gasteiger charge is -2.21. The van der Waals surface area contributed by atoms with Crippen molar-refractivity contribution in [3.05, 3.63) is 30.1 Å². The van der Waals surface area contributed by atoms with Crippen LogP contribution in [0.5, 0.6) is 0 Å². The number of thioether (sulfide) groups is 1. The number of aromatic nitrogens is 1. The number of hydrogen-bond acceptors (Lipinski definition) is 3. The molecular weight excluding hydrogens is 192 g/mol. The molecule has 2 nitrogen and oxygen atoms in total. The Bertz CT molecular complexity index is 257. The standard InChI is InChI=1S/C11H16N2S/c1-3-10(7-12-5-1)9-14-11-4-2-6-13-8-11/h1,3,5,7,11,13H,2,4,6,8-9H2. The molecule has 1 saturated heterocycles. The fourth-order valence-electron chi connectivity index (χ4n) is 1.66. The Morgan fingerprint density at radius 3 is 3.29 bits per heavy atom. The zero-order chi connectivity index (χ0) is 9.64. The summed E-state index contributed by atoms with van der Waals surface area (Å²) >= 11 is 2.05. The van der Waals surface area contributed by atoms with Gasteiger partial charge in [-0.05, 0) is 31.0 Å². The van der Waals surface area contributed by atoms with Gasteiger partial charge in [-0.25, -0.2) is 0 Å². The van der Waals surface area contributed by atoms with E-state index in [9.17, 15) is 0 Å². The second-order valence-electron chi connectivity index (χ2n) is 3.64. The minimum atomic E-state index is 0.795. The van der Waals surface area contributed by atoms with Crippen molar-refractivity contribution in [3.63, 3.8) is 0 Å². The van der Waals surface area contributed by atoms with Crippen LogP contribution in [0.1, 0.15) is 18.4 Å². The van der Waals surface area contributed by atoms with E-state index in [-0.39, 0.29) is 0 Å². The monoisotopic (exact) mass is 208 g/mol. The molecule has 76 valence electrons. The molecule has 1 aliphatic heterocycles. The third-order valence-corrected chi connectivity index (χ3v) is 3.83. The first-order valence-electron chi connectivity index (χ1n) is 5.16. The number of hydrogen-bond donors (Lipinski definition) is 1. The number of pyridine rings is 1. The summed E-state index contributed by atoms with van der Waals surface area (Å²) in [6, 6.07) is 4.16. The van der Waals surface area contributed by atoms with Crippen molar-refractivity contribution in [2.24, 2.45) is 0 Å². The van der Waals surface area contributed by atoms with Crippen molar-refractivity contribution in [1.29, 1.82) is 0 Å². The summed E-state index contributed by atoms with van der Waals surface area (Å²) in [7, 11) is 0. The molecular formula is C11H16N2S. The van der Waals surface area contributed by atoms with Crippen LogP contribution < -0.4 is 5.32 Å². The number of nitrogens with one attached hydrogen (secondary N) is 1. The first kappa shape index (κ1) is 9.99. The van der Waals surface area contributed by atoms with Crippen LogP contribution in [0.4, 0.5) is 0 Å². The van der Waals surface area contributed by atoms with Crippen molar-refractivity contribution in [3.8, 4) is 0 Å². The molecule has 0 saturated carbocycles. The lowest BCUT2D eigenvalue weighted by Crippen LogP contribution is -2.31.